The third-order valence-corrected chi connectivity index (χ3v) is 4.37. The van der Waals surface area contributed by atoms with Gasteiger partial charge in [-0.1, -0.05) is 0 Å². The van der Waals surface area contributed by atoms with E-state index in [2.05, 4.69) is 14.6 Å². The van der Waals surface area contributed by atoms with Crippen LogP contribution in [-0.2, 0) is 11.3 Å². The summed E-state index contributed by atoms with van der Waals surface area (Å²) in [5.41, 5.74) is 2.27. The highest BCUT2D eigenvalue weighted by molar-refractivity contribution is 5.96. The quantitative estimate of drug-likeness (QED) is 0.795. The van der Waals surface area contributed by atoms with Crippen molar-refractivity contribution in [3.05, 3.63) is 65.5 Å². The summed E-state index contributed by atoms with van der Waals surface area (Å²) < 4.78 is 4.67. The molecule has 6 heteroatoms. The fourth-order valence-electron chi connectivity index (χ4n) is 2.90. The number of nitrogens with zero attached hydrogens (tertiary/aromatic N) is 3. The number of hydrogen-bond acceptors (Lipinski definition) is 5. The second kappa shape index (κ2) is 7.90. The summed E-state index contributed by atoms with van der Waals surface area (Å²) in [6.45, 7) is 3.95. The summed E-state index contributed by atoms with van der Waals surface area (Å²) >= 11 is 0. The first-order valence-corrected chi connectivity index (χ1v) is 8.26. The molecule has 1 aliphatic rings. The maximum absolute atomic E-state index is 12.6. The van der Waals surface area contributed by atoms with E-state index in [0.717, 1.165) is 19.6 Å². The number of carbonyl (C=O) groups is 2. The Bertz CT molecular complexity index is 723. The van der Waals surface area contributed by atoms with Crippen molar-refractivity contribution in [2.45, 2.75) is 6.54 Å². The molecule has 25 heavy (non-hydrogen) atoms. The minimum Gasteiger partial charge on any atom is -0.465 e. The van der Waals surface area contributed by atoms with Crippen LogP contribution in [0.2, 0.25) is 0 Å². The third kappa shape index (κ3) is 4.22. The zero-order valence-electron chi connectivity index (χ0n) is 14.2. The van der Waals surface area contributed by atoms with E-state index in [-0.39, 0.29) is 5.91 Å². The van der Waals surface area contributed by atoms with Crippen molar-refractivity contribution >= 4 is 11.9 Å². The fourth-order valence-corrected chi connectivity index (χ4v) is 2.90. The number of benzene rings is 1. The van der Waals surface area contributed by atoms with Gasteiger partial charge >= 0.3 is 5.97 Å². The van der Waals surface area contributed by atoms with Crippen LogP contribution in [0.25, 0.3) is 0 Å². The maximum Gasteiger partial charge on any atom is 0.337 e. The van der Waals surface area contributed by atoms with Crippen LogP contribution in [0.5, 0.6) is 0 Å². The third-order valence-electron chi connectivity index (χ3n) is 4.37. The molecule has 1 aliphatic heterocycles. The Morgan fingerprint density at radius 3 is 2.16 bits per heavy atom. The number of ether oxygens (including phenoxy) is 1. The van der Waals surface area contributed by atoms with Crippen molar-refractivity contribution in [3.63, 3.8) is 0 Å². The minimum absolute atomic E-state index is 0.0000214. The summed E-state index contributed by atoms with van der Waals surface area (Å²) in [6, 6.07) is 10.6. The molecule has 1 aromatic heterocycles. The number of carbonyl (C=O) groups excluding carboxylic acids is 2. The summed E-state index contributed by atoms with van der Waals surface area (Å²) in [5.74, 6) is -0.399. The lowest BCUT2D eigenvalue weighted by atomic mass is 10.1. The maximum atomic E-state index is 12.6. The second-order valence-electron chi connectivity index (χ2n) is 5.99. The molecule has 0 N–H and O–H groups in total. The van der Waals surface area contributed by atoms with Crippen molar-refractivity contribution in [2.75, 3.05) is 33.3 Å². The lowest BCUT2D eigenvalue weighted by Crippen LogP contribution is -2.48. The number of rotatable bonds is 4. The van der Waals surface area contributed by atoms with E-state index in [9.17, 15) is 9.59 Å². The highest BCUT2D eigenvalue weighted by atomic mass is 16.5. The standard InChI is InChI=1S/C19H21N3O3/c1-25-19(24)17-4-2-16(3-5-17)18(23)22-12-10-21(11-13-22)14-15-6-8-20-9-7-15/h2-9H,10-14H2,1H3. The van der Waals surface area contributed by atoms with Gasteiger partial charge in [0.15, 0.2) is 0 Å². The Morgan fingerprint density at radius 2 is 1.56 bits per heavy atom. The van der Waals surface area contributed by atoms with Gasteiger partial charge in [-0.25, -0.2) is 4.79 Å². The van der Waals surface area contributed by atoms with Gasteiger partial charge < -0.3 is 9.64 Å². The van der Waals surface area contributed by atoms with E-state index < -0.39 is 5.97 Å². The number of amides is 1. The molecule has 0 bridgehead atoms. The molecule has 1 amide bonds. The number of esters is 1. The lowest BCUT2D eigenvalue weighted by molar-refractivity contribution is 0.0596. The number of methoxy groups -OCH3 is 1. The van der Waals surface area contributed by atoms with Crippen molar-refractivity contribution in [1.82, 2.24) is 14.8 Å². The Hall–Kier alpha value is -2.73. The molecule has 0 radical (unpaired) electrons. The van der Waals surface area contributed by atoms with Crippen molar-refractivity contribution < 1.29 is 14.3 Å². The van der Waals surface area contributed by atoms with Gasteiger partial charge in [0.1, 0.15) is 0 Å². The predicted octanol–water partition coefficient (Wildman–Crippen LogP) is 1.83. The van der Waals surface area contributed by atoms with Gasteiger partial charge in [-0.3, -0.25) is 14.7 Å². The predicted molar refractivity (Wildman–Crippen MR) is 93.2 cm³/mol. The molecule has 0 saturated carbocycles. The van der Waals surface area contributed by atoms with Gasteiger partial charge in [0, 0.05) is 50.7 Å². The summed E-state index contributed by atoms with van der Waals surface area (Å²) in [6.07, 6.45) is 3.60. The van der Waals surface area contributed by atoms with E-state index >= 15 is 0 Å². The summed E-state index contributed by atoms with van der Waals surface area (Å²) in [4.78, 5) is 32.3. The molecule has 2 aromatic rings. The highest BCUT2D eigenvalue weighted by Crippen LogP contribution is 2.13. The molecule has 0 unspecified atom stereocenters. The van der Waals surface area contributed by atoms with Crippen LogP contribution in [0.4, 0.5) is 0 Å². The Kier molecular flexibility index (Phi) is 5.40. The number of hydrogen-bond donors (Lipinski definition) is 0. The van der Waals surface area contributed by atoms with Gasteiger partial charge in [0.05, 0.1) is 12.7 Å². The SMILES string of the molecule is COC(=O)c1ccc(C(=O)N2CCN(Cc3ccncc3)CC2)cc1. The highest BCUT2D eigenvalue weighted by Gasteiger charge is 2.22. The fraction of sp³-hybridized carbons (Fsp3) is 0.316. The summed E-state index contributed by atoms with van der Waals surface area (Å²) in [5, 5.41) is 0. The first-order valence-electron chi connectivity index (χ1n) is 8.26. The number of aromatic nitrogens is 1. The molecule has 1 aromatic carbocycles. The second-order valence-corrected chi connectivity index (χ2v) is 5.99. The average Bonchev–Trinajstić information content (AvgIpc) is 2.68. The molecule has 3 rings (SSSR count). The van der Waals surface area contributed by atoms with Crippen LogP contribution in [0.3, 0.4) is 0 Å². The molecule has 0 spiro atoms. The van der Waals surface area contributed by atoms with Crippen LogP contribution in [0, 0.1) is 0 Å². The average molecular weight is 339 g/mol. The monoisotopic (exact) mass is 339 g/mol. The van der Waals surface area contributed by atoms with Crippen LogP contribution in [0.1, 0.15) is 26.3 Å². The van der Waals surface area contributed by atoms with Crippen molar-refractivity contribution in [1.29, 1.82) is 0 Å². The molecular formula is C19H21N3O3. The molecule has 130 valence electrons. The van der Waals surface area contributed by atoms with Gasteiger partial charge in [-0.15, -0.1) is 0 Å². The van der Waals surface area contributed by atoms with Crippen molar-refractivity contribution in [2.24, 2.45) is 0 Å². The molecular weight excluding hydrogens is 318 g/mol. The smallest absolute Gasteiger partial charge is 0.337 e. The Labute approximate surface area is 147 Å². The molecule has 2 heterocycles. The lowest BCUT2D eigenvalue weighted by Gasteiger charge is -2.34. The Morgan fingerprint density at radius 1 is 0.960 bits per heavy atom. The summed E-state index contributed by atoms with van der Waals surface area (Å²) in [7, 11) is 1.34. The van der Waals surface area contributed by atoms with Crippen LogP contribution >= 0.6 is 0 Å². The normalized spacial score (nSPS) is 15.0. The topological polar surface area (TPSA) is 62.7 Å². The van der Waals surface area contributed by atoms with Gasteiger partial charge in [-0.05, 0) is 42.0 Å². The van der Waals surface area contributed by atoms with Crippen molar-refractivity contribution in [3.8, 4) is 0 Å². The number of piperazine rings is 1. The van der Waals surface area contributed by atoms with Crippen LogP contribution < -0.4 is 0 Å². The first kappa shape index (κ1) is 17.1. The first-order chi connectivity index (χ1) is 12.2. The van der Waals surface area contributed by atoms with Gasteiger partial charge in [0.2, 0.25) is 0 Å². The number of pyridine rings is 1. The van der Waals surface area contributed by atoms with Crippen LogP contribution in [-0.4, -0.2) is 59.9 Å². The van der Waals surface area contributed by atoms with E-state index in [1.54, 1.807) is 36.7 Å². The van der Waals surface area contributed by atoms with Gasteiger partial charge in [0.25, 0.3) is 5.91 Å². The van der Waals surface area contributed by atoms with E-state index in [4.69, 9.17) is 0 Å². The minimum atomic E-state index is -0.399. The van der Waals surface area contributed by atoms with Gasteiger partial charge in [-0.2, -0.15) is 0 Å². The zero-order valence-corrected chi connectivity index (χ0v) is 14.2. The molecule has 6 nitrogen and oxygen atoms in total. The van der Waals surface area contributed by atoms with E-state index in [0.29, 0.717) is 24.2 Å². The van der Waals surface area contributed by atoms with E-state index in [1.165, 1.54) is 12.7 Å². The Balaban J connectivity index is 1.55. The zero-order chi connectivity index (χ0) is 17.6. The van der Waals surface area contributed by atoms with Crippen LogP contribution in [0.15, 0.2) is 48.8 Å². The molecule has 1 fully saturated rings. The largest absolute Gasteiger partial charge is 0.465 e. The van der Waals surface area contributed by atoms with E-state index in [1.807, 2.05) is 17.0 Å². The molecule has 0 aliphatic carbocycles. The molecule has 0 atom stereocenters. The molecule has 1 saturated heterocycles.